The van der Waals surface area contributed by atoms with Crippen LogP contribution in [0.25, 0.3) is 17.1 Å². The fourth-order valence-electron chi connectivity index (χ4n) is 2.48. The van der Waals surface area contributed by atoms with E-state index in [2.05, 4.69) is 20.4 Å². The van der Waals surface area contributed by atoms with Crippen LogP contribution in [0.15, 0.2) is 47.0 Å². The van der Waals surface area contributed by atoms with Crippen LogP contribution in [0.3, 0.4) is 0 Å². The fraction of sp³-hybridized carbons (Fsp3) is 0.176. The number of pyridine rings is 1. The van der Waals surface area contributed by atoms with Crippen molar-refractivity contribution >= 4 is 5.65 Å². The van der Waals surface area contributed by atoms with E-state index in [-0.39, 0.29) is 23.2 Å². The quantitative estimate of drug-likeness (QED) is 0.525. The third kappa shape index (κ3) is 3.21. The van der Waals surface area contributed by atoms with E-state index in [1.165, 1.54) is 24.4 Å². The molecular formula is C17H12F3N5O2. The van der Waals surface area contributed by atoms with Crippen LogP contribution in [-0.4, -0.2) is 24.8 Å². The second-order valence-corrected chi connectivity index (χ2v) is 5.64. The number of para-hydroxylation sites is 1. The molecule has 0 aliphatic rings. The summed E-state index contributed by atoms with van der Waals surface area (Å²) in [5.41, 5.74) is 0.672. The number of ether oxygens (including phenoxy) is 1. The second kappa shape index (κ2) is 6.71. The number of nitrogens with zero attached hydrogens (tertiary/aromatic N) is 5. The smallest absolute Gasteiger partial charge is 0.297 e. The van der Waals surface area contributed by atoms with Gasteiger partial charge in [-0.25, -0.2) is 13.2 Å². The van der Waals surface area contributed by atoms with E-state index < -0.39 is 24.2 Å². The maximum absolute atomic E-state index is 13.7. The Labute approximate surface area is 150 Å². The predicted octanol–water partition coefficient (Wildman–Crippen LogP) is 4.00. The van der Waals surface area contributed by atoms with Gasteiger partial charge in [0.1, 0.15) is 0 Å². The van der Waals surface area contributed by atoms with Crippen molar-refractivity contribution < 1.29 is 22.3 Å². The number of alkyl halides is 2. The average molecular weight is 375 g/mol. The Morgan fingerprint density at radius 1 is 1.04 bits per heavy atom. The van der Waals surface area contributed by atoms with Gasteiger partial charge in [0.15, 0.2) is 23.3 Å². The normalized spacial score (nSPS) is 12.6. The molecule has 3 aromatic heterocycles. The van der Waals surface area contributed by atoms with Gasteiger partial charge >= 0.3 is 0 Å². The molecular weight excluding hydrogens is 363 g/mol. The first kappa shape index (κ1) is 17.0. The number of aromatic nitrogens is 5. The van der Waals surface area contributed by atoms with Crippen molar-refractivity contribution in [3.05, 3.63) is 60.1 Å². The first-order valence-corrected chi connectivity index (χ1v) is 7.90. The van der Waals surface area contributed by atoms with Crippen LogP contribution < -0.4 is 4.74 Å². The Kier molecular flexibility index (Phi) is 4.22. The van der Waals surface area contributed by atoms with E-state index in [0.717, 1.165) is 4.40 Å². The second-order valence-electron chi connectivity index (χ2n) is 5.64. The van der Waals surface area contributed by atoms with Gasteiger partial charge in [-0.2, -0.15) is 0 Å². The highest BCUT2D eigenvalue weighted by atomic mass is 19.3. The summed E-state index contributed by atoms with van der Waals surface area (Å²) in [7, 11) is 0. The zero-order chi connectivity index (χ0) is 19.0. The van der Waals surface area contributed by atoms with Crippen molar-refractivity contribution in [3.8, 4) is 17.2 Å². The molecule has 1 aromatic carbocycles. The highest BCUT2D eigenvalue weighted by Crippen LogP contribution is 2.27. The van der Waals surface area contributed by atoms with Gasteiger partial charge in [0.05, 0.1) is 5.56 Å². The van der Waals surface area contributed by atoms with Gasteiger partial charge in [0, 0.05) is 6.20 Å². The molecule has 0 fully saturated rings. The van der Waals surface area contributed by atoms with Crippen LogP contribution in [-0.2, 0) is 0 Å². The van der Waals surface area contributed by atoms with E-state index >= 15 is 0 Å². The summed E-state index contributed by atoms with van der Waals surface area (Å²) in [6.45, 7) is 1.63. The maximum Gasteiger partial charge on any atom is 0.297 e. The van der Waals surface area contributed by atoms with Gasteiger partial charge in [-0.1, -0.05) is 12.1 Å². The minimum Gasteiger partial charge on any atom is -0.478 e. The van der Waals surface area contributed by atoms with Gasteiger partial charge in [-0.15, -0.1) is 20.4 Å². The summed E-state index contributed by atoms with van der Waals surface area (Å²) >= 11 is 0. The molecule has 4 rings (SSSR count). The molecule has 0 amide bonds. The minimum atomic E-state index is -2.78. The Hall–Kier alpha value is -3.43. The summed E-state index contributed by atoms with van der Waals surface area (Å²) in [5.74, 6) is -0.724. The molecule has 3 heterocycles. The standard InChI is InChI=1S/C17H12F3N5O2/c1-9(26-12-5-3-2-4-11(12)18)16-23-24-17(27-16)10-6-7-13-21-22-15(14(19)20)25(13)8-10/h2-9,14H,1H3. The summed E-state index contributed by atoms with van der Waals surface area (Å²) in [5, 5.41) is 14.9. The third-order valence-corrected chi connectivity index (χ3v) is 3.80. The van der Waals surface area contributed by atoms with Gasteiger partial charge in [-0.3, -0.25) is 4.40 Å². The molecule has 27 heavy (non-hydrogen) atoms. The number of rotatable bonds is 5. The SMILES string of the molecule is CC(Oc1ccccc1F)c1nnc(-c2ccc3nnc(C(F)F)n3c2)o1. The van der Waals surface area contributed by atoms with Crippen LogP contribution in [0.1, 0.15) is 31.2 Å². The fourth-order valence-corrected chi connectivity index (χ4v) is 2.48. The van der Waals surface area contributed by atoms with Crippen LogP contribution in [0.2, 0.25) is 0 Å². The molecule has 4 aromatic rings. The topological polar surface area (TPSA) is 78.3 Å². The van der Waals surface area contributed by atoms with Crippen LogP contribution in [0.4, 0.5) is 13.2 Å². The number of benzene rings is 1. The molecule has 7 nitrogen and oxygen atoms in total. The first-order chi connectivity index (χ1) is 13.0. The number of hydrogen-bond acceptors (Lipinski definition) is 6. The largest absolute Gasteiger partial charge is 0.478 e. The molecule has 0 aliphatic carbocycles. The number of hydrogen-bond donors (Lipinski definition) is 0. The molecule has 0 aliphatic heterocycles. The van der Waals surface area contributed by atoms with Crippen molar-refractivity contribution in [2.24, 2.45) is 0 Å². The molecule has 0 radical (unpaired) electrons. The number of fused-ring (bicyclic) bond motifs is 1. The highest BCUT2D eigenvalue weighted by Gasteiger charge is 2.20. The Bertz CT molecular complexity index is 1100. The van der Waals surface area contributed by atoms with Crippen molar-refractivity contribution in [2.45, 2.75) is 19.5 Å². The van der Waals surface area contributed by atoms with E-state index in [1.807, 2.05) is 0 Å². The summed E-state index contributed by atoms with van der Waals surface area (Å²) in [4.78, 5) is 0. The van der Waals surface area contributed by atoms with Gasteiger partial charge in [0.2, 0.25) is 11.7 Å². The molecule has 0 N–H and O–H groups in total. The molecule has 10 heteroatoms. The Balaban J connectivity index is 1.61. The average Bonchev–Trinajstić information content (AvgIpc) is 3.30. The van der Waals surface area contributed by atoms with Crippen molar-refractivity contribution in [2.75, 3.05) is 0 Å². The number of halogens is 3. The zero-order valence-corrected chi connectivity index (χ0v) is 13.9. The van der Waals surface area contributed by atoms with Gasteiger partial charge < -0.3 is 9.15 Å². The van der Waals surface area contributed by atoms with Crippen molar-refractivity contribution in [1.82, 2.24) is 24.8 Å². The van der Waals surface area contributed by atoms with Crippen molar-refractivity contribution in [1.29, 1.82) is 0 Å². The first-order valence-electron chi connectivity index (χ1n) is 7.90. The van der Waals surface area contributed by atoms with E-state index in [0.29, 0.717) is 5.56 Å². The lowest BCUT2D eigenvalue weighted by Gasteiger charge is -2.11. The lowest BCUT2D eigenvalue weighted by atomic mass is 10.3. The molecule has 1 atom stereocenters. The van der Waals surface area contributed by atoms with Crippen LogP contribution >= 0.6 is 0 Å². The third-order valence-electron chi connectivity index (χ3n) is 3.80. The van der Waals surface area contributed by atoms with E-state index in [4.69, 9.17) is 9.15 Å². The van der Waals surface area contributed by atoms with Gasteiger partial charge in [0.25, 0.3) is 12.3 Å². The molecule has 0 bridgehead atoms. The van der Waals surface area contributed by atoms with Crippen LogP contribution in [0.5, 0.6) is 5.75 Å². The molecule has 1 unspecified atom stereocenters. The molecule has 0 saturated carbocycles. The maximum atomic E-state index is 13.7. The van der Waals surface area contributed by atoms with E-state index in [9.17, 15) is 13.2 Å². The Morgan fingerprint density at radius 2 is 1.85 bits per heavy atom. The molecule has 0 saturated heterocycles. The zero-order valence-electron chi connectivity index (χ0n) is 13.9. The van der Waals surface area contributed by atoms with Gasteiger partial charge in [-0.05, 0) is 31.2 Å². The summed E-state index contributed by atoms with van der Waals surface area (Å²) in [6.07, 6.45) is -2.10. The highest BCUT2D eigenvalue weighted by molar-refractivity contribution is 5.55. The lowest BCUT2D eigenvalue weighted by molar-refractivity contribution is 0.139. The van der Waals surface area contributed by atoms with Crippen LogP contribution in [0, 0.1) is 5.82 Å². The monoisotopic (exact) mass is 375 g/mol. The Morgan fingerprint density at radius 3 is 2.63 bits per heavy atom. The van der Waals surface area contributed by atoms with E-state index in [1.54, 1.807) is 25.1 Å². The predicted molar refractivity (Wildman–Crippen MR) is 86.7 cm³/mol. The molecule has 0 spiro atoms. The summed E-state index contributed by atoms with van der Waals surface area (Å²) in [6, 6.07) is 9.05. The molecule has 138 valence electrons. The van der Waals surface area contributed by atoms with Crippen molar-refractivity contribution in [3.63, 3.8) is 0 Å². The minimum absolute atomic E-state index is 0.0530. The lowest BCUT2D eigenvalue weighted by Crippen LogP contribution is -2.04. The summed E-state index contributed by atoms with van der Waals surface area (Å²) < 4.78 is 51.9.